The van der Waals surface area contributed by atoms with Crippen molar-refractivity contribution in [3.8, 4) is 0 Å². The molecule has 12 nitrogen and oxygen atoms in total. The Morgan fingerprint density at radius 1 is 0.868 bits per heavy atom. The molecule has 0 atom stereocenters. The van der Waals surface area contributed by atoms with Gasteiger partial charge in [0.2, 0.25) is 11.8 Å². The van der Waals surface area contributed by atoms with Gasteiger partial charge in [-0.3, -0.25) is 38.3 Å². The third kappa shape index (κ3) is 11.6. The number of carbonyl (C=O) groups excluding carboxylic acids is 2. The molecular weight excluding hydrogens is 512 g/mol. The molecule has 2 aromatic rings. The van der Waals surface area contributed by atoms with E-state index in [1.165, 1.54) is 39.7 Å². The van der Waals surface area contributed by atoms with Crippen molar-refractivity contribution in [2.45, 2.75) is 46.2 Å². The fraction of sp³-hybridized carbons (Fsp3) is 0.520. The molecular formula is C25H38N6O6S. The second kappa shape index (κ2) is 17.8. The molecule has 0 aromatic carbocycles. The number of aromatic amines is 2. The summed E-state index contributed by atoms with van der Waals surface area (Å²) >= 11 is 1.68. The summed E-state index contributed by atoms with van der Waals surface area (Å²) in [4.78, 5) is 76.1. The second-order valence-corrected chi connectivity index (χ2v) is 9.25. The van der Waals surface area contributed by atoms with Crippen LogP contribution < -0.4 is 22.5 Å². The maximum Gasteiger partial charge on any atom is 0.328 e. The summed E-state index contributed by atoms with van der Waals surface area (Å²) < 4.78 is 2.77. The lowest BCUT2D eigenvalue weighted by Crippen LogP contribution is -2.38. The summed E-state index contributed by atoms with van der Waals surface area (Å²) in [5, 5.41) is 0. The Morgan fingerprint density at radius 2 is 1.39 bits per heavy atom. The average Bonchev–Trinajstić information content (AvgIpc) is 2.88. The molecule has 0 bridgehead atoms. The van der Waals surface area contributed by atoms with Gasteiger partial charge in [-0.2, -0.15) is 11.8 Å². The van der Waals surface area contributed by atoms with Gasteiger partial charge in [0, 0.05) is 76.0 Å². The zero-order valence-electron chi connectivity index (χ0n) is 22.3. The molecule has 0 radical (unpaired) electrons. The molecule has 13 heteroatoms. The zero-order valence-corrected chi connectivity index (χ0v) is 23.1. The summed E-state index contributed by atoms with van der Waals surface area (Å²) in [6.07, 6.45) is 8.30. The van der Waals surface area contributed by atoms with Crippen LogP contribution in [0.25, 0.3) is 0 Å². The Hall–Kier alpha value is -3.61. The molecule has 38 heavy (non-hydrogen) atoms. The van der Waals surface area contributed by atoms with Gasteiger partial charge in [-0.15, -0.1) is 0 Å². The van der Waals surface area contributed by atoms with E-state index in [0.29, 0.717) is 45.7 Å². The number of rotatable bonds is 14. The second-order valence-electron chi connectivity index (χ2n) is 8.26. The zero-order chi connectivity index (χ0) is 28.5. The van der Waals surface area contributed by atoms with E-state index in [1.54, 1.807) is 21.6 Å². The molecule has 0 fully saturated rings. The van der Waals surface area contributed by atoms with Gasteiger partial charge >= 0.3 is 11.4 Å². The summed E-state index contributed by atoms with van der Waals surface area (Å²) in [6.45, 7) is 10.3. The first-order chi connectivity index (χ1) is 18.2. The van der Waals surface area contributed by atoms with Gasteiger partial charge in [0.05, 0.1) is 0 Å². The minimum absolute atomic E-state index is 0.110. The number of amides is 2. The molecule has 2 aromatic heterocycles. The molecule has 0 aliphatic carbocycles. The monoisotopic (exact) mass is 550 g/mol. The predicted molar refractivity (Wildman–Crippen MR) is 150 cm³/mol. The molecule has 0 unspecified atom stereocenters. The smallest absolute Gasteiger partial charge is 0.328 e. The highest BCUT2D eigenvalue weighted by Crippen LogP contribution is 2.01. The average molecular weight is 551 g/mol. The number of hydrogen-bond acceptors (Lipinski definition) is 7. The molecule has 0 aliphatic heterocycles. The van der Waals surface area contributed by atoms with Crippen LogP contribution >= 0.6 is 11.8 Å². The maximum absolute atomic E-state index is 12.0. The highest BCUT2D eigenvalue weighted by Gasteiger charge is 2.12. The highest BCUT2D eigenvalue weighted by atomic mass is 32.2. The van der Waals surface area contributed by atoms with Crippen LogP contribution in [0.4, 0.5) is 0 Å². The van der Waals surface area contributed by atoms with Crippen LogP contribution in [0.5, 0.6) is 0 Å². The first-order valence-corrected chi connectivity index (χ1v) is 13.8. The fourth-order valence-electron chi connectivity index (χ4n) is 3.36. The minimum atomic E-state index is -0.468. The number of H-pyrrole nitrogens is 2. The Balaban J connectivity index is 0.000000382. The van der Waals surface area contributed by atoms with Gasteiger partial charge < -0.3 is 9.80 Å². The largest absolute Gasteiger partial charge is 0.340 e. The van der Waals surface area contributed by atoms with Crippen LogP contribution in [-0.2, 0) is 22.7 Å². The van der Waals surface area contributed by atoms with Gasteiger partial charge in [-0.25, -0.2) is 9.59 Å². The fourth-order valence-corrected chi connectivity index (χ4v) is 3.77. The lowest BCUT2D eigenvalue weighted by Gasteiger charge is -2.22. The van der Waals surface area contributed by atoms with E-state index in [0.717, 1.165) is 18.6 Å². The summed E-state index contributed by atoms with van der Waals surface area (Å²) in [6, 6.07) is 2.59. The van der Waals surface area contributed by atoms with Crippen molar-refractivity contribution in [3.63, 3.8) is 0 Å². The van der Waals surface area contributed by atoms with Gasteiger partial charge in [0.15, 0.2) is 0 Å². The van der Waals surface area contributed by atoms with Crippen molar-refractivity contribution in [2.75, 3.05) is 38.2 Å². The first kappa shape index (κ1) is 32.4. The Bertz CT molecular complexity index is 1260. The quantitative estimate of drug-likeness (QED) is 0.325. The van der Waals surface area contributed by atoms with E-state index in [9.17, 15) is 28.8 Å². The standard InChI is InChI=1S/C13H21N3O3S.C12H17N3O3/c1-3-4-12(18)15(9-10-20-2)7-8-16-6-5-11(17)14-13(16)19;1-3-6-14(11(17)4-2)8-9-15-7-5-10(16)13-12(15)18/h5-6H,3-4,7-10H2,1-2H3,(H,14,17,19);4-5,7H,2-3,6,8-9H2,1H3,(H,13,16,18). The minimum Gasteiger partial charge on any atom is -0.340 e. The Morgan fingerprint density at radius 3 is 1.82 bits per heavy atom. The third-order valence-corrected chi connectivity index (χ3v) is 5.97. The number of nitrogens with zero attached hydrogens (tertiary/aromatic N) is 4. The van der Waals surface area contributed by atoms with Gasteiger partial charge in [-0.05, 0) is 25.2 Å². The summed E-state index contributed by atoms with van der Waals surface area (Å²) in [5.41, 5.74) is -1.74. The summed E-state index contributed by atoms with van der Waals surface area (Å²) in [5.74, 6) is 0.823. The summed E-state index contributed by atoms with van der Waals surface area (Å²) in [7, 11) is 0. The van der Waals surface area contributed by atoms with Crippen molar-refractivity contribution < 1.29 is 9.59 Å². The van der Waals surface area contributed by atoms with E-state index in [1.807, 2.05) is 20.1 Å². The van der Waals surface area contributed by atoms with Gasteiger partial charge in [-0.1, -0.05) is 20.4 Å². The molecule has 0 spiro atoms. The molecule has 0 saturated heterocycles. The van der Waals surface area contributed by atoms with Crippen LogP contribution in [0.15, 0.2) is 56.4 Å². The molecule has 0 aliphatic rings. The van der Waals surface area contributed by atoms with E-state index < -0.39 is 22.5 Å². The molecule has 2 N–H and O–H groups in total. The third-order valence-electron chi connectivity index (χ3n) is 5.38. The van der Waals surface area contributed by atoms with Crippen LogP contribution in [0.1, 0.15) is 33.1 Å². The van der Waals surface area contributed by atoms with Crippen molar-refractivity contribution in [2.24, 2.45) is 0 Å². The molecule has 2 rings (SSSR count). The van der Waals surface area contributed by atoms with Gasteiger partial charge in [0.25, 0.3) is 11.1 Å². The SMILES string of the molecule is C=CC(=O)N(CCC)CCn1ccc(=O)[nH]c1=O.CCCC(=O)N(CCSC)CCn1ccc(=O)[nH]c1=O. The maximum atomic E-state index is 12.0. The van der Waals surface area contributed by atoms with E-state index >= 15 is 0 Å². The van der Waals surface area contributed by atoms with Crippen LogP contribution in [0, 0.1) is 0 Å². The van der Waals surface area contributed by atoms with E-state index in [4.69, 9.17) is 0 Å². The number of thioether (sulfide) groups is 1. The lowest BCUT2D eigenvalue weighted by atomic mass is 10.3. The normalized spacial score (nSPS) is 10.3. The number of nitrogens with one attached hydrogen (secondary N) is 2. The van der Waals surface area contributed by atoms with Crippen LogP contribution in [0.3, 0.4) is 0 Å². The molecule has 0 saturated carbocycles. The van der Waals surface area contributed by atoms with Crippen molar-refractivity contribution in [1.82, 2.24) is 28.9 Å². The Labute approximate surface area is 225 Å². The Kier molecular flexibility index (Phi) is 15.2. The van der Waals surface area contributed by atoms with E-state index in [-0.39, 0.29) is 11.8 Å². The topological polar surface area (TPSA) is 150 Å². The van der Waals surface area contributed by atoms with Crippen LogP contribution in [-0.4, -0.2) is 78.9 Å². The predicted octanol–water partition coefficient (Wildman–Crippen LogP) is 0.490. The number of aromatic nitrogens is 4. The lowest BCUT2D eigenvalue weighted by molar-refractivity contribution is -0.131. The molecule has 2 amide bonds. The van der Waals surface area contributed by atoms with Crippen molar-refractivity contribution in [1.29, 1.82) is 0 Å². The van der Waals surface area contributed by atoms with Crippen molar-refractivity contribution in [3.05, 3.63) is 78.9 Å². The number of hydrogen-bond donors (Lipinski definition) is 2. The molecule has 2 heterocycles. The van der Waals surface area contributed by atoms with Gasteiger partial charge in [0.1, 0.15) is 0 Å². The molecule has 210 valence electrons. The van der Waals surface area contributed by atoms with Crippen LogP contribution in [0.2, 0.25) is 0 Å². The first-order valence-electron chi connectivity index (χ1n) is 12.4. The number of carbonyl (C=O) groups is 2. The van der Waals surface area contributed by atoms with Crippen molar-refractivity contribution >= 4 is 23.6 Å². The van der Waals surface area contributed by atoms with E-state index in [2.05, 4.69) is 16.5 Å². The highest BCUT2D eigenvalue weighted by molar-refractivity contribution is 7.98.